The molecule has 2 rings (SSSR count). The summed E-state index contributed by atoms with van der Waals surface area (Å²) in [4.78, 5) is 13.5. The Balaban J connectivity index is 2.30. The fraction of sp³-hybridized carbons (Fsp3) is 0.417. The molecule has 1 amide bonds. The molecule has 3 nitrogen and oxygen atoms in total. The van der Waals surface area contributed by atoms with Crippen molar-refractivity contribution in [1.29, 1.82) is 0 Å². The highest BCUT2D eigenvalue weighted by Gasteiger charge is 2.28. The van der Waals surface area contributed by atoms with Crippen molar-refractivity contribution in [2.45, 2.75) is 25.8 Å². The summed E-state index contributed by atoms with van der Waals surface area (Å²) in [6.07, 6.45) is 1.17. The van der Waals surface area contributed by atoms with Gasteiger partial charge in [-0.1, -0.05) is 13.0 Å². The monoisotopic (exact) mass is 222 g/mol. The van der Waals surface area contributed by atoms with Gasteiger partial charge < -0.3 is 10.6 Å². The van der Waals surface area contributed by atoms with E-state index in [2.05, 4.69) is 0 Å². The second-order valence-corrected chi connectivity index (χ2v) is 3.99. The van der Waals surface area contributed by atoms with Crippen LogP contribution in [0.4, 0.5) is 10.1 Å². The molecular weight excluding hydrogens is 207 g/mol. The summed E-state index contributed by atoms with van der Waals surface area (Å²) in [5.41, 5.74) is 7.01. The third-order valence-corrected chi connectivity index (χ3v) is 2.99. The second-order valence-electron chi connectivity index (χ2n) is 3.99. The summed E-state index contributed by atoms with van der Waals surface area (Å²) in [6.45, 7) is 2.40. The van der Waals surface area contributed by atoms with E-state index in [4.69, 9.17) is 5.73 Å². The number of rotatable bonds is 2. The van der Waals surface area contributed by atoms with Crippen molar-refractivity contribution in [3.05, 3.63) is 29.6 Å². The highest BCUT2D eigenvalue weighted by molar-refractivity contribution is 5.98. The van der Waals surface area contributed by atoms with Crippen LogP contribution in [0.15, 0.2) is 18.2 Å². The fourth-order valence-electron chi connectivity index (χ4n) is 2.00. The summed E-state index contributed by atoms with van der Waals surface area (Å²) >= 11 is 0. The van der Waals surface area contributed by atoms with Gasteiger partial charge in [-0.2, -0.15) is 0 Å². The van der Waals surface area contributed by atoms with Crippen molar-refractivity contribution in [2.24, 2.45) is 5.73 Å². The van der Waals surface area contributed by atoms with Gasteiger partial charge in [0.15, 0.2) is 0 Å². The smallest absolute Gasteiger partial charge is 0.243 e. The molecule has 0 radical (unpaired) electrons. The van der Waals surface area contributed by atoms with Crippen molar-refractivity contribution >= 4 is 11.6 Å². The zero-order valence-corrected chi connectivity index (χ0v) is 9.24. The van der Waals surface area contributed by atoms with Crippen LogP contribution in [0.3, 0.4) is 0 Å². The minimum atomic E-state index is -0.491. The van der Waals surface area contributed by atoms with E-state index in [0.717, 1.165) is 0 Å². The van der Waals surface area contributed by atoms with Gasteiger partial charge >= 0.3 is 0 Å². The molecule has 0 aliphatic carbocycles. The van der Waals surface area contributed by atoms with Crippen LogP contribution in [0.2, 0.25) is 0 Å². The Labute approximate surface area is 94.0 Å². The van der Waals surface area contributed by atoms with Gasteiger partial charge in [-0.15, -0.1) is 0 Å². The first-order valence-electron chi connectivity index (χ1n) is 5.49. The Morgan fingerprint density at radius 2 is 2.38 bits per heavy atom. The van der Waals surface area contributed by atoms with Gasteiger partial charge in [0.2, 0.25) is 5.91 Å². The third-order valence-electron chi connectivity index (χ3n) is 2.99. The molecule has 0 saturated carbocycles. The molecule has 0 saturated heterocycles. The average molecular weight is 222 g/mol. The molecule has 1 aliphatic rings. The number of hydrogen-bond donors (Lipinski definition) is 1. The van der Waals surface area contributed by atoms with E-state index in [1.807, 2.05) is 6.92 Å². The van der Waals surface area contributed by atoms with Crippen LogP contribution in [0.1, 0.15) is 18.9 Å². The highest BCUT2D eigenvalue weighted by atomic mass is 19.1. The average Bonchev–Trinajstić information content (AvgIpc) is 2.72. The summed E-state index contributed by atoms with van der Waals surface area (Å²) in [5.74, 6) is -0.357. The van der Waals surface area contributed by atoms with Gasteiger partial charge in [0, 0.05) is 17.8 Å². The zero-order valence-electron chi connectivity index (χ0n) is 9.24. The molecule has 0 unspecified atom stereocenters. The summed E-state index contributed by atoms with van der Waals surface area (Å²) < 4.78 is 13.4. The van der Waals surface area contributed by atoms with Crippen LogP contribution in [-0.4, -0.2) is 18.5 Å². The molecule has 4 heteroatoms. The molecule has 2 N–H and O–H groups in total. The Hall–Kier alpha value is -1.42. The molecule has 16 heavy (non-hydrogen) atoms. The van der Waals surface area contributed by atoms with Crippen molar-refractivity contribution in [3.63, 3.8) is 0 Å². The number of carbonyl (C=O) groups is 1. The molecule has 0 aromatic heterocycles. The molecule has 0 spiro atoms. The number of benzene rings is 1. The van der Waals surface area contributed by atoms with Crippen molar-refractivity contribution in [3.8, 4) is 0 Å². The Bertz CT molecular complexity index is 419. The molecule has 1 aromatic rings. The topological polar surface area (TPSA) is 46.3 Å². The minimum Gasteiger partial charge on any atom is -0.320 e. The quantitative estimate of drug-likeness (QED) is 0.823. The molecular formula is C12H15FN2O. The molecule has 1 heterocycles. The number of carbonyl (C=O) groups excluding carboxylic acids is 1. The molecule has 0 bridgehead atoms. The number of halogens is 1. The predicted molar refractivity (Wildman–Crippen MR) is 60.7 cm³/mol. The maximum absolute atomic E-state index is 13.4. The number of amides is 1. The van der Waals surface area contributed by atoms with Gasteiger partial charge in [-0.05, 0) is 25.0 Å². The largest absolute Gasteiger partial charge is 0.320 e. The van der Waals surface area contributed by atoms with Gasteiger partial charge in [0.25, 0.3) is 0 Å². The maximum Gasteiger partial charge on any atom is 0.243 e. The number of hydrogen-bond acceptors (Lipinski definition) is 2. The lowest BCUT2D eigenvalue weighted by Crippen LogP contribution is -2.42. The third kappa shape index (κ3) is 1.69. The lowest BCUT2D eigenvalue weighted by molar-refractivity contribution is -0.119. The summed E-state index contributed by atoms with van der Waals surface area (Å²) in [5, 5.41) is 0. The number of nitrogens with two attached hydrogens (primary N) is 1. The van der Waals surface area contributed by atoms with Gasteiger partial charge in [0.05, 0.1) is 6.04 Å². The van der Waals surface area contributed by atoms with Crippen LogP contribution in [0.25, 0.3) is 0 Å². The molecule has 1 atom stereocenters. The molecule has 1 aliphatic heterocycles. The predicted octanol–water partition coefficient (Wildman–Crippen LogP) is 1.45. The van der Waals surface area contributed by atoms with Gasteiger partial charge in [-0.25, -0.2) is 4.39 Å². The summed E-state index contributed by atoms with van der Waals surface area (Å²) in [6, 6.07) is 4.32. The van der Waals surface area contributed by atoms with Gasteiger partial charge in [0.1, 0.15) is 5.82 Å². The van der Waals surface area contributed by atoms with E-state index < -0.39 is 6.04 Å². The van der Waals surface area contributed by atoms with Crippen molar-refractivity contribution in [1.82, 2.24) is 0 Å². The Morgan fingerprint density at radius 1 is 1.62 bits per heavy atom. The van der Waals surface area contributed by atoms with E-state index in [-0.39, 0.29) is 11.7 Å². The van der Waals surface area contributed by atoms with E-state index in [9.17, 15) is 9.18 Å². The van der Waals surface area contributed by atoms with Crippen molar-refractivity contribution < 1.29 is 9.18 Å². The van der Waals surface area contributed by atoms with Crippen LogP contribution in [-0.2, 0) is 11.2 Å². The van der Waals surface area contributed by atoms with E-state index >= 15 is 0 Å². The number of anilines is 1. The van der Waals surface area contributed by atoms with Gasteiger partial charge in [-0.3, -0.25) is 4.79 Å². The fourth-order valence-corrected chi connectivity index (χ4v) is 2.00. The van der Waals surface area contributed by atoms with Crippen LogP contribution in [0, 0.1) is 5.82 Å². The molecule has 86 valence electrons. The van der Waals surface area contributed by atoms with E-state index in [1.165, 1.54) is 6.07 Å². The normalized spacial score (nSPS) is 16.1. The second kappa shape index (κ2) is 4.22. The van der Waals surface area contributed by atoms with Crippen LogP contribution in [0.5, 0.6) is 0 Å². The lowest BCUT2D eigenvalue weighted by atomic mass is 10.1. The van der Waals surface area contributed by atoms with E-state index in [0.29, 0.717) is 30.6 Å². The summed E-state index contributed by atoms with van der Waals surface area (Å²) in [7, 11) is 0. The maximum atomic E-state index is 13.4. The zero-order chi connectivity index (χ0) is 11.7. The van der Waals surface area contributed by atoms with E-state index in [1.54, 1.807) is 17.0 Å². The Kier molecular flexibility index (Phi) is 2.92. The minimum absolute atomic E-state index is 0.119. The lowest BCUT2D eigenvalue weighted by Gasteiger charge is -2.20. The first-order valence-corrected chi connectivity index (χ1v) is 5.49. The standard InChI is InChI=1S/C12H15FN2O/c1-2-10(14)12(16)15-7-6-8-9(13)4-3-5-11(8)15/h3-5,10H,2,6-7,14H2,1H3/t10-/m0/s1. The molecule has 0 fully saturated rings. The first kappa shape index (κ1) is 11.1. The SMILES string of the molecule is CC[C@H](N)C(=O)N1CCc2c(F)cccc21. The number of fused-ring (bicyclic) bond motifs is 1. The van der Waals surface area contributed by atoms with Crippen molar-refractivity contribution in [2.75, 3.05) is 11.4 Å². The van der Waals surface area contributed by atoms with Crippen LogP contribution < -0.4 is 10.6 Å². The number of nitrogens with zero attached hydrogens (tertiary/aromatic N) is 1. The highest BCUT2D eigenvalue weighted by Crippen LogP contribution is 2.30. The first-order chi connectivity index (χ1) is 7.65. The Morgan fingerprint density at radius 3 is 3.06 bits per heavy atom. The molecule has 1 aromatic carbocycles. The van der Waals surface area contributed by atoms with Crippen LogP contribution >= 0.6 is 0 Å².